The van der Waals surface area contributed by atoms with Crippen molar-refractivity contribution < 1.29 is 13.5 Å². The van der Waals surface area contributed by atoms with Gasteiger partial charge >= 0.3 is 0 Å². The predicted octanol–water partition coefficient (Wildman–Crippen LogP) is 3.09. The summed E-state index contributed by atoms with van der Waals surface area (Å²) in [5, 5.41) is 10.7. The molecule has 0 saturated heterocycles. The van der Waals surface area contributed by atoms with Gasteiger partial charge in [0.15, 0.2) is 0 Å². The van der Waals surface area contributed by atoms with Crippen LogP contribution in [0, 0.1) is 0 Å². The van der Waals surface area contributed by atoms with Gasteiger partial charge in [0.2, 0.25) is 0 Å². The molecule has 0 bridgehead atoms. The van der Waals surface area contributed by atoms with Crippen molar-refractivity contribution >= 4 is 48.9 Å². The largest absolute Gasteiger partial charge is 0.389 e. The number of nitrogens with zero attached hydrogens (tertiary/aromatic N) is 1. The van der Waals surface area contributed by atoms with E-state index in [1.54, 1.807) is 0 Å². The van der Waals surface area contributed by atoms with E-state index < -0.39 is 15.6 Å². The molecule has 1 heterocycles. The van der Waals surface area contributed by atoms with Crippen molar-refractivity contribution in [2.24, 2.45) is 0 Å². The van der Waals surface area contributed by atoms with Crippen LogP contribution in [-0.4, -0.2) is 37.0 Å². The van der Waals surface area contributed by atoms with Crippen molar-refractivity contribution in [1.82, 2.24) is 4.31 Å². The van der Waals surface area contributed by atoms with Crippen LogP contribution >= 0.6 is 38.9 Å². The summed E-state index contributed by atoms with van der Waals surface area (Å²) in [7, 11) is -2.10. The molecule has 1 fully saturated rings. The zero-order valence-electron chi connectivity index (χ0n) is 10.4. The number of halogens is 2. The molecule has 4 nitrogen and oxygen atoms in total. The van der Waals surface area contributed by atoms with Crippen LogP contribution < -0.4 is 0 Å². The van der Waals surface area contributed by atoms with E-state index in [9.17, 15) is 13.5 Å². The molecule has 2 rings (SSSR count). The Balaban J connectivity index is 2.19. The van der Waals surface area contributed by atoms with Crippen molar-refractivity contribution in [3.05, 3.63) is 14.9 Å². The van der Waals surface area contributed by atoms with Gasteiger partial charge in [0.1, 0.15) is 4.21 Å². The summed E-state index contributed by atoms with van der Waals surface area (Å²) >= 11 is 10.2. The van der Waals surface area contributed by atoms with E-state index in [0.717, 1.165) is 24.2 Å². The first-order valence-electron chi connectivity index (χ1n) is 5.88. The third-order valence-electron chi connectivity index (χ3n) is 3.34. The maximum Gasteiger partial charge on any atom is 0.252 e. The molecule has 0 spiro atoms. The Bertz CT molecular complexity index is 547. The molecule has 1 aliphatic rings. The van der Waals surface area contributed by atoms with Gasteiger partial charge in [-0.25, -0.2) is 8.42 Å². The predicted molar refractivity (Wildman–Crippen MR) is 80.3 cm³/mol. The molecule has 8 heteroatoms. The van der Waals surface area contributed by atoms with Crippen molar-refractivity contribution in [3.63, 3.8) is 0 Å². The first-order valence-corrected chi connectivity index (χ1v) is 9.31. The maximum absolute atomic E-state index is 12.4. The van der Waals surface area contributed by atoms with Crippen LogP contribution in [0.5, 0.6) is 0 Å². The molecule has 1 aromatic rings. The number of hydrogen-bond acceptors (Lipinski definition) is 4. The summed E-state index contributed by atoms with van der Waals surface area (Å²) in [6.07, 6.45) is 3.20. The lowest BCUT2D eigenvalue weighted by Crippen LogP contribution is -2.41. The molecular weight excluding hydrogens is 374 g/mol. The molecule has 0 aliphatic heterocycles. The molecule has 1 saturated carbocycles. The number of sulfonamides is 1. The summed E-state index contributed by atoms with van der Waals surface area (Å²) in [5.41, 5.74) is -0.889. The van der Waals surface area contributed by atoms with Crippen LogP contribution in [-0.2, 0) is 10.0 Å². The third-order valence-corrected chi connectivity index (χ3v) is 8.07. The van der Waals surface area contributed by atoms with Crippen LogP contribution in [0.4, 0.5) is 0 Å². The average molecular weight is 389 g/mol. The summed E-state index contributed by atoms with van der Waals surface area (Å²) in [4.78, 5) is 0. The fourth-order valence-corrected chi connectivity index (χ4v) is 6.16. The van der Waals surface area contributed by atoms with Crippen molar-refractivity contribution in [2.75, 3.05) is 13.6 Å². The number of rotatable bonds is 4. The average Bonchev–Trinajstić information content (AvgIpc) is 2.87. The topological polar surface area (TPSA) is 57.6 Å². The van der Waals surface area contributed by atoms with Gasteiger partial charge in [0.05, 0.1) is 14.4 Å². The van der Waals surface area contributed by atoms with E-state index in [1.807, 2.05) is 0 Å². The monoisotopic (exact) mass is 387 g/mol. The molecule has 0 atom stereocenters. The van der Waals surface area contributed by atoms with Gasteiger partial charge in [-0.15, -0.1) is 11.3 Å². The minimum Gasteiger partial charge on any atom is -0.389 e. The van der Waals surface area contributed by atoms with Crippen LogP contribution in [0.1, 0.15) is 25.7 Å². The number of hydrogen-bond donors (Lipinski definition) is 1. The zero-order valence-corrected chi connectivity index (χ0v) is 14.4. The second kappa shape index (κ2) is 5.61. The van der Waals surface area contributed by atoms with Gasteiger partial charge in [-0.1, -0.05) is 24.4 Å². The van der Waals surface area contributed by atoms with Crippen molar-refractivity contribution in [1.29, 1.82) is 0 Å². The van der Waals surface area contributed by atoms with Gasteiger partial charge in [-0.3, -0.25) is 0 Å². The van der Waals surface area contributed by atoms with Gasteiger partial charge in [-0.05, 0) is 34.8 Å². The summed E-state index contributed by atoms with van der Waals surface area (Å²) in [6.45, 7) is 0.127. The first kappa shape index (κ1) is 15.7. The molecule has 0 unspecified atom stereocenters. The molecule has 0 amide bonds. The van der Waals surface area contributed by atoms with E-state index in [1.165, 1.54) is 17.4 Å². The van der Waals surface area contributed by atoms with Gasteiger partial charge in [-0.2, -0.15) is 4.31 Å². The van der Waals surface area contributed by atoms with Crippen molar-refractivity contribution in [3.8, 4) is 0 Å². The molecule has 1 aliphatic carbocycles. The second-order valence-corrected chi connectivity index (χ2v) is 9.93. The van der Waals surface area contributed by atoms with Crippen LogP contribution in [0.15, 0.2) is 14.1 Å². The van der Waals surface area contributed by atoms with E-state index in [2.05, 4.69) is 15.9 Å². The molecule has 1 N–H and O–H groups in total. The van der Waals surface area contributed by atoms with Crippen LogP contribution in [0.25, 0.3) is 0 Å². The Morgan fingerprint density at radius 2 is 2.11 bits per heavy atom. The Labute approximate surface area is 130 Å². The molecular formula is C11H15BrClNO3S2. The normalized spacial score (nSPS) is 19.2. The Morgan fingerprint density at radius 3 is 2.58 bits per heavy atom. The highest BCUT2D eigenvalue weighted by molar-refractivity contribution is 9.11. The standard InChI is InChI=1S/C11H15BrClNO3S2/c1-14(7-11(15)4-2-3-5-11)19(16,17)9-6-8(13)10(12)18-9/h6,15H,2-5,7H2,1H3. The van der Waals surface area contributed by atoms with Gasteiger partial charge in [0, 0.05) is 13.6 Å². The van der Waals surface area contributed by atoms with E-state index in [4.69, 9.17) is 11.6 Å². The van der Waals surface area contributed by atoms with Gasteiger partial charge < -0.3 is 5.11 Å². The smallest absolute Gasteiger partial charge is 0.252 e. The zero-order chi connectivity index (χ0) is 14.3. The molecule has 19 heavy (non-hydrogen) atoms. The highest BCUT2D eigenvalue weighted by Crippen LogP contribution is 2.37. The second-order valence-electron chi connectivity index (χ2n) is 4.88. The van der Waals surface area contributed by atoms with E-state index in [-0.39, 0.29) is 10.8 Å². The minimum atomic E-state index is -3.59. The lowest BCUT2D eigenvalue weighted by atomic mass is 10.0. The number of thiophene rings is 1. The van der Waals surface area contributed by atoms with E-state index >= 15 is 0 Å². The highest BCUT2D eigenvalue weighted by Gasteiger charge is 2.36. The molecule has 1 aromatic heterocycles. The quantitative estimate of drug-likeness (QED) is 0.862. The van der Waals surface area contributed by atoms with Crippen LogP contribution in [0.2, 0.25) is 5.02 Å². The molecule has 108 valence electrons. The summed E-state index contributed by atoms with van der Waals surface area (Å²) in [5.74, 6) is 0. The Kier molecular flexibility index (Phi) is 4.65. The maximum atomic E-state index is 12.4. The lowest BCUT2D eigenvalue weighted by molar-refractivity contribution is 0.0334. The Morgan fingerprint density at radius 1 is 1.53 bits per heavy atom. The number of aliphatic hydroxyl groups is 1. The van der Waals surface area contributed by atoms with Gasteiger partial charge in [0.25, 0.3) is 10.0 Å². The summed E-state index contributed by atoms with van der Waals surface area (Å²) < 4.78 is 26.7. The Hall–Kier alpha value is 0.340. The highest BCUT2D eigenvalue weighted by atomic mass is 79.9. The fourth-order valence-electron chi connectivity index (χ4n) is 2.30. The van der Waals surface area contributed by atoms with Crippen molar-refractivity contribution in [2.45, 2.75) is 35.5 Å². The number of likely N-dealkylation sites (N-methyl/N-ethyl adjacent to an activating group) is 1. The SMILES string of the molecule is CN(CC1(O)CCCC1)S(=O)(=O)c1cc(Cl)c(Br)s1. The molecule has 0 aromatic carbocycles. The minimum absolute atomic E-state index is 0.127. The third kappa shape index (κ3) is 3.33. The van der Waals surface area contributed by atoms with E-state index in [0.29, 0.717) is 21.7 Å². The first-order chi connectivity index (χ1) is 8.74. The molecule has 0 radical (unpaired) electrons. The summed E-state index contributed by atoms with van der Waals surface area (Å²) in [6, 6.07) is 1.43. The van der Waals surface area contributed by atoms with Crippen LogP contribution in [0.3, 0.4) is 0 Å². The fraction of sp³-hybridized carbons (Fsp3) is 0.636. The lowest BCUT2D eigenvalue weighted by Gasteiger charge is -2.27.